The molecule has 10 nitrogen and oxygen atoms in total. The molecule has 6 atom stereocenters. The van der Waals surface area contributed by atoms with Crippen LogP contribution in [0.3, 0.4) is 0 Å². The summed E-state index contributed by atoms with van der Waals surface area (Å²) in [5, 5.41) is 13.2. The second-order valence-electron chi connectivity index (χ2n) is 9.02. The van der Waals surface area contributed by atoms with E-state index in [0.717, 1.165) is 29.6 Å². The summed E-state index contributed by atoms with van der Waals surface area (Å²) in [5.41, 5.74) is 8.37. The summed E-state index contributed by atoms with van der Waals surface area (Å²) in [7, 11) is 3.76. The summed E-state index contributed by atoms with van der Waals surface area (Å²) in [6.45, 7) is 3.09. The highest BCUT2D eigenvalue weighted by molar-refractivity contribution is 6.36. The number of amides is 1. The van der Waals surface area contributed by atoms with Crippen molar-refractivity contribution in [2.45, 2.75) is 30.6 Å². The van der Waals surface area contributed by atoms with Crippen LogP contribution in [0.25, 0.3) is 10.9 Å². The summed E-state index contributed by atoms with van der Waals surface area (Å²) in [5.74, 6) is -0.211. The van der Waals surface area contributed by atoms with Crippen LogP contribution < -0.4 is 21.5 Å². The maximum absolute atomic E-state index is 13.5. The van der Waals surface area contributed by atoms with Crippen molar-refractivity contribution in [2.24, 2.45) is 13.0 Å². The molecule has 4 fully saturated rings. The number of aryl methyl sites for hydroxylation is 1. The lowest BCUT2D eigenvalue weighted by atomic mass is 9.89. The van der Waals surface area contributed by atoms with Crippen LogP contribution in [0.2, 0.25) is 5.02 Å². The summed E-state index contributed by atoms with van der Waals surface area (Å²) < 4.78 is 7.42. The number of rotatable bonds is 2. The van der Waals surface area contributed by atoms with Crippen molar-refractivity contribution in [1.29, 1.82) is 0 Å². The first-order valence-electron chi connectivity index (χ1n) is 10.7. The number of aromatic nitrogens is 2. The normalized spacial score (nSPS) is 36.2. The predicted molar refractivity (Wildman–Crippen MR) is 115 cm³/mol. The van der Waals surface area contributed by atoms with Crippen LogP contribution in [0.4, 0.5) is 0 Å². The van der Waals surface area contributed by atoms with E-state index < -0.39 is 0 Å². The molecule has 0 spiro atoms. The van der Waals surface area contributed by atoms with E-state index in [2.05, 4.69) is 31.5 Å². The fraction of sp³-hybridized carbons (Fsp3) is 0.600. The Kier molecular flexibility index (Phi) is 4.73. The molecule has 6 rings (SSSR count). The number of carbonyl (C=O) groups excluding carboxylic acids is 1. The molecule has 1 amide bonds. The van der Waals surface area contributed by atoms with E-state index in [1.807, 2.05) is 37.3 Å². The molecule has 31 heavy (non-hydrogen) atoms. The van der Waals surface area contributed by atoms with Gasteiger partial charge in [-0.2, -0.15) is 5.10 Å². The largest absolute Gasteiger partial charge is 0.378 e. The minimum Gasteiger partial charge on any atom is -0.378 e. The van der Waals surface area contributed by atoms with Crippen LogP contribution in [-0.2, 0) is 16.6 Å². The molecule has 2 bridgehead atoms. The molecular formula is C20H27ClN8O2. The highest BCUT2D eigenvalue weighted by atomic mass is 35.5. The average Bonchev–Trinajstić information content (AvgIpc) is 3.34. The highest BCUT2D eigenvalue weighted by Crippen LogP contribution is 2.38. The SMILES string of the molecule is CN1C(=O)C2C(NNC2c2ccc3nn(C)cc3c2Cl)NC1N1CC2COCC(C1)N2. The molecule has 166 valence electrons. The van der Waals surface area contributed by atoms with E-state index >= 15 is 0 Å². The van der Waals surface area contributed by atoms with Gasteiger partial charge in [-0.25, -0.2) is 10.9 Å². The Labute approximate surface area is 185 Å². The van der Waals surface area contributed by atoms with Crippen molar-refractivity contribution >= 4 is 28.4 Å². The first kappa shape index (κ1) is 19.9. The predicted octanol–water partition coefficient (Wildman–Crippen LogP) is -0.664. The molecule has 1 aromatic carbocycles. The number of benzene rings is 1. The molecule has 0 saturated carbocycles. The molecule has 0 radical (unpaired) electrons. The zero-order valence-corrected chi connectivity index (χ0v) is 18.3. The molecule has 4 saturated heterocycles. The van der Waals surface area contributed by atoms with Crippen LogP contribution >= 0.6 is 11.6 Å². The zero-order valence-electron chi connectivity index (χ0n) is 17.5. The minimum absolute atomic E-state index is 0.0959. The second-order valence-corrected chi connectivity index (χ2v) is 9.39. The van der Waals surface area contributed by atoms with Crippen molar-refractivity contribution in [3.63, 3.8) is 0 Å². The fourth-order valence-corrected chi connectivity index (χ4v) is 5.83. The van der Waals surface area contributed by atoms with Gasteiger partial charge in [0.25, 0.3) is 0 Å². The van der Waals surface area contributed by atoms with Crippen LogP contribution in [0.15, 0.2) is 18.3 Å². The van der Waals surface area contributed by atoms with Crippen LogP contribution in [0, 0.1) is 5.92 Å². The number of morpholine rings is 1. The van der Waals surface area contributed by atoms with Gasteiger partial charge in [0.05, 0.1) is 41.9 Å². The van der Waals surface area contributed by atoms with Gasteiger partial charge in [-0.3, -0.25) is 19.7 Å². The van der Waals surface area contributed by atoms with Crippen molar-refractivity contribution in [3.05, 3.63) is 28.9 Å². The number of nitrogens with one attached hydrogen (secondary N) is 4. The number of fused-ring (bicyclic) bond motifs is 4. The molecule has 4 N–H and O–H groups in total. The van der Waals surface area contributed by atoms with Gasteiger partial charge in [-0.1, -0.05) is 17.7 Å². The zero-order chi connectivity index (χ0) is 21.3. The monoisotopic (exact) mass is 446 g/mol. The van der Waals surface area contributed by atoms with E-state index in [4.69, 9.17) is 16.3 Å². The lowest BCUT2D eigenvalue weighted by molar-refractivity contribution is -0.153. The average molecular weight is 447 g/mol. The highest BCUT2D eigenvalue weighted by Gasteiger charge is 2.51. The third kappa shape index (κ3) is 3.17. The lowest BCUT2D eigenvalue weighted by Crippen LogP contribution is -2.73. The number of nitrogens with zero attached hydrogens (tertiary/aromatic N) is 4. The van der Waals surface area contributed by atoms with E-state index in [0.29, 0.717) is 30.3 Å². The van der Waals surface area contributed by atoms with Gasteiger partial charge in [-0.15, -0.1) is 0 Å². The number of halogens is 1. The third-order valence-electron chi connectivity index (χ3n) is 6.91. The summed E-state index contributed by atoms with van der Waals surface area (Å²) in [6, 6.07) is 4.28. The molecule has 4 aliphatic rings. The third-order valence-corrected chi connectivity index (χ3v) is 7.33. The number of hydrazine groups is 1. The van der Waals surface area contributed by atoms with Gasteiger partial charge >= 0.3 is 0 Å². The van der Waals surface area contributed by atoms with Crippen LogP contribution in [0.5, 0.6) is 0 Å². The first-order valence-corrected chi connectivity index (χ1v) is 11.1. The molecule has 5 heterocycles. The topological polar surface area (TPSA) is 98.7 Å². The maximum atomic E-state index is 13.5. The van der Waals surface area contributed by atoms with E-state index in [9.17, 15) is 4.79 Å². The minimum atomic E-state index is -0.307. The standard InChI is InChI=1S/C20H27ClN8O2/c1-27-7-13-14(26-27)4-3-12(16(13)21)17-15-18(25-24-17)23-20(28(2)19(15)30)29-5-10-8-31-9-11(6-29)22-10/h3-4,7,10-11,15,17-18,20,22-25H,5-6,8-9H2,1-2H3. The summed E-state index contributed by atoms with van der Waals surface area (Å²) in [6.07, 6.45) is 1.56. The molecule has 0 aliphatic carbocycles. The summed E-state index contributed by atoms with van der Waals surface area (Å²) >= 11 is 6.76. The lowest BCUT2D eigenvalue weighted by Gasteiger charge is -2.50. The van der Waals surface area contributed by atoms with Gasteiger partial charge in [0.2, 0.25) is 5.91 Å². The number of ether oxygens (including phenoxy) is 1. The van der Waals surface area contributed by atoms with Gasteiger partial charge in [0.1, 0.15) is 6.29 Å². The molecule has 6 unspecified atom stereocenters. The van der Waals surface area contributed by atoms with Gasteiger partial charge in [-0.05, 0) is 11.6 Å². The Morgan fingerprint density at radius 2 is 1.90 bits per heavy atom. The number of hydrogen-bond donors (Lipinski definition) is 4. The van der Waals surface area contributed by atoms with Crippen molar-refractivity contribution in [2.75, 3.05) is 33.4 Å². The van der Waals surface area contributed by atoms with Gasteiger partial charge in [0, 0.05) is 50.9 Å². The van der Waals surface area contributed by atoms with Gasteiger partial charge in [0.15, 0.2) is 0 Å². The Bertz CT molecular complexity index is 1020. The van der Waals surface area contributed by atoms with E-state index in [-0.39, 0.29) is 30.3 Å². The quantitative estimate of drug-likeness (QED) is 0.482. The Morgan fingerprint density at radius 3 is 2.68 bits per heavy atom. The van der Waals surface area contributed by atoms with Crippen LogP contribution in [-0.4, -0.2) is 83.4 Å². The fourth-order valence-electron chi connectivity index (χ4n) is 5.50. The van der Waals surface area contributed by atoms with Crippen LogP contribution in [0.1, 0.15) is 11.6 Å². The van der Waals surface area contributed by atoms with E-state index in [1.165, 1.54) is 0 Å². The molecular weight excluding hydrogens is 420 g/mol. The Balaban J connectivity index is 1.26. The molecule has 2 aromatic rings. The Hall–Kier alpha value is -1.79. The first-order chi connectivity index (χ1) is 15.0. The number of carbonyl (C=O) groups is 1. The van der Waals surface area contributed by atoms with Crippen molar-refractivity contribution in [3.8, 4) is 0 Å². The molecule has 4 aliphatic heterocycles. The number of hydrogen-bond acceptors (Lipinski definition) is 8. The van der Waals surface area contributed by atoms with E-state index in [1.54, 1.807) is 4.68 Å². The van der Waals surface area contributed by atoms with Crippen molar-refractivity contribution < 1.29 is 9.53 Å². The van der Waals surface area contributed by atoms with Gasteiger partial charge < -0.3 is 15.0 Å². The molecule has 11 heteroatoms. The molecule has 1 aromatic heterocycles. The second kappa shape index (κ2) is 7.38. The maximum Gasteiger partial charge on any atom is 0.232 e. The van der Waals surface area contributed by atoms with Crippen molar-refractivity contribution in [1.82, 2.24) is 41.1 Å². The smallest absolute Gasteiger partial charge is 0.232 e. The summed E-state index contributed by atoms with van der Waals surface area (Å²) in [4.78, 5) is 17.7. The number of piperazine rings is 1. The Morgan fingerprint density at radius 1 is 1.13 bits per heavy atom.